The molecule has 0 saturated carbocycles. The molecule has 1 amide bonds. The van der Waals surface area contributed by atoms with Crippen LogP contribution in [0.2, 0.25) is 0 Å². The van der Waals surface area contributed by atoms with E-state index < -0.39 is 6.17 Å². The number of fused-ring (bicyclic) bond motifs is 1. The lowest BCUT2D eigenvalue weighted by atomic mass is 9.97. The van der Waals surface area contributed by atoms with E-state index >= 15 is 0 Å². The fraction of sp³-hybridized carbons (Fsp3) is 0.304. The number of aromatic nitrogens is 2. The molecular formula is C23H24N6O2. The molecule has 1 atom stereocenters. The minimum absolute atomic E-state index is 0.205. The summed E-state index contributed by atoms with van der Waals surface area (Å²) in [5, 5.41) is 14.3. The van der Waals surface area contributed by atoms with Crippen LogP contribution in [0.4, 0.5) is 11.7 Å². The summed E-state index contributed by atoms with van der Waals surface area (Å²) in [5.74, 6) is 0.576. The molecule has 1 aromatic heterocycles. The molecule has 31 heavy (non-hydrogen) atoms. The van der Waals surface area contributed by atoms with Crippen LogP contribution in [0.15, 0.2) is 64.0 Å². The summed E-state index contributed by atoms with van der Waals surface area (Å²) in [6, 6.07) is 17.7. The van der Waals surface area contributed by atoms with Gasteiger partial charge in [0.2, 0.25) is 12.1 Å². The van der Waals surface area contributed by atoms with Crippen LogP contribution in [0, 0.1) is 0 Å². The fourth-order valence-electron chi connectivity index (χ4n) is 4.01. The number of hydrogen-bond donors (Lipinski definition) is 2. The average Bonchev–Trinajstić information content (AvgIpc) is 3.21. The Morgan fingerprint density at radius 3 is 2.58 bits per heavy atom. The minimum atomic E-state index is -0.895. The van der Waals surface area contributed by atoms with E-state index in [0.717, 1.165) is 48.5 Å². The standard InChI is InChI=1S/C23H24N6O2/c1-29-13-11-16(12-14-29)22-27-28-23(31-22)26-20-21(30)24-18-10-6-5-9-17(18)19(25-20)15-7-3-2-4-8-15/h2-10,16,20H,11-14H2,1H3,(H,24,30)(H,26,28). The van der Waals surface area contributed by atoms with E-state index in [-0.39, 0.29) is 17.8 Å². The zero-order valence-electron chi connectivity index (χ0n) is 17.3. The first kappa shape index (κ1) is 19.4. The topological polar surface area (TPSA) is 95.6 Å². The molecule has 0 radical (unpaired) electrons. The molecule has 1 saturated heterocycles. The number of benzene rings is 2. The van der Waals surface area contributed by atoms with Gasteiger partial charge in [0.15, 0.2) is 0 Å². The monoisotopic (exact) mass is 416 g/mol. The second-order valence-corrected chi connectivity index (χ2v) is 7.95. The van der Waals surface area contributed by atoms with Gasteiger partial charge in [-0.2, -0.15) is 0 Å². The zero-order valence-corrected chi connectivity index (χ0v) is 17.3. The number of benzodiazepines with no additional fused rings is 1. The van der Waals surface area contributed by atoms with Crippen LogP contribution in [-0.4, -0.2) is 53.0 Å². The quantitative estimate of drug-likeness (QED) is 0.679. The molecule has 2 N–H and O–H groups in total. The summed E-state index contributed by atoms with van der Waals surface area (Å²) < 4.78 is 5.87. The summed E-state index contributed by atoms with van der Waals surface area (Å²) in [5.41, 5.74) is 3.23. The number of carbonyl (C=O) groups excluding carboxylic acids is 1. The van der Waals surface area contributed by atoms with Crippen molar-refractivity contribution >= 4 is 23.3 Å². The van der Waals surface area contributed by atoms with Crippen molar-refractivity contribution in [2.24, 2.45) is 4.99 Å². The number of likely N-dealkylation sites (tertiary alicyclic amines) is 1. The molecule has 0 bridgehead atoms. The molecule has 2 aliphatic rings. The summed E-state index contributed by atoms with van der Waals surface area (Å²) in [4.78, 5) is 20.0. The lowest BCUT2D eigenvalue weighted by Crippen LogP contribution is -2.32. The highest BCUT2D eigenvalue weighted by molar-refractivity contribution is 6.19. The van der Waals surface area contributed by atoms with Gasteiger partial charge in [-0.15, -0.1) is 5.10 Å². The van der Waals surface area contributed by atoms with Crippen molar-refractivity contribution in [1.82, 2.24) is 15.1 Å². The Morgan fingerprint density at radius 1 is 1.03 bits per heavy atom. The number of anilines is 2. The first-order valence-electron chi connectivity index (χ1n) is 10.5. The van der Waals surface area contributed by atoms with Gasteiger partial charge in [0.05, 0.1) is 11.4 Å². The number of aliphatic imine (C=N–C) groups is 1. The fourth-order valence-corrected chi connectivity index (χ4v) is 4.01. The first-order chi connectivity index (χ1) is 15.2. The van der Waals surface area contributed by atoms with Crippen LogP contribution < -0.4 is 10.6 Å². The van der Waals surface area contributed by atoms with E-state index in [1.54, 1.807) is 0 Å². The smallest absolute Gasteiger partial charge is 0.317 e. The maximum Gasteiger partial charge on any atom is 0.317 e. The Balaban J connectivity index is 1.43. The Hall–Kier alpha value is -3.52. The Kier molecular flexibility index (Phi) is 5.21. The number of piperidine rings is 1. The number of para-hydroxylation sites is 1. The van der Waals surface area contributed by atoms with Crippen LogP contribution in [0.25, 0.3) is 0 Å². The summed E-state index contributed by atoms with van der Waals surface area (Å²) >= 11 is 0. The van der Waals surface area contributed by atoms with Gasteiger partial charge in [-0.05, 0) is 39.0 Å². The van der Waals surface area contributed by atoms with Crippen molar-refractivity contribution in [1.29, 1.82) is 0 Å². The summed E-state index contributed by atoms with van der Waals surface area (Å²) in [7, 11) is 2.11. The van der Waals surface area contributed by atoms with E-state index in [1.807, 2.05) is 54.6 Å². The molecule has 2 aliphatic heterocycles. The van der Waals surface area contributed by atoms with E-state index in [9.17, 15) is 4.79 Å². The molecule has 1 unspecified atom stereocenters. The highest BCUT2D eigenvalue weighted by Crippen LogP contribution is 2.28. The minimum Gasteiger partial charge on any atom is -0.408 e. The third kappa shape index (κ3) is 4.06. The largest absolute Gasteiger partial charge is 0.408 e. The molecule has 8 nitrogen and oxygen atoms in total. The normalized spacial score (nSPS) is 19.8. The van der Waals surface area contributed by atoms with Crippen molar-refractivity contribution in [2.75, 3.05) is 30.8 Å². The SMILES string of the molecule is CN1CCC(c2nnc(NC3N=C(c4ccccc4)c4ccccc4NC3=O)o2)CC1. The summed E-state index contributed by atoms with van der Waals surface area (Å²) in [6.45, 7) is 2.01. The third-order valence-corrected chi connectivity index (χ3v) is 5.76. The van der Waals surface area contributed by atoms with Crippen LogP contribution in [0.3, 0.4) is 0 Å². The molecule has 0 aliphatic carbocycles. The van der Waals surface area contributed by atoms with Crippen LogP contribution in [0.1, 0.15) is 35.8 Å². The predicted molar refractivity (Wildman–Crippen MR) is 118 cm³/mol. The van der Waals surface area contributed by atoms with Gasteiger partial charge in [0.1, 0.15) is 0 Å². The van der Waals surface area contributed by atoms with Crippen molar-refractivity contribution in [2.45, 2.75) is 24.9 Å². The van der Waals surface area contributed by atoms with Gasteiger partial charge in [-0.3, -0.25) is 4.79 Å². The van der Waals surface area contributed by atoms with Crippen molar-refractivity contribution in [3.8, 4) is 0 Å². The number of nitrogens with zero attached hydrogens (tertiary/aromatic N) is 4. The average molecular weight is 416 g/mol. The second-order valence-electron chi connectivity index (χ2n) is 7.95. The van der Waals surface area contributed by atoms with E-state index in [4.69, 9.17) is 9.41 Å². The Bertz CT molecular complexity index is 1100. The Morgan fingerprint density at radius 2 is 1.77 bits per heavy atom. The molecular weight excluding hydrogens is 392 g/mol. The van der Waals surface area contributed by atoms with Gasteiger partial charge in [0.25, 0.3) is 5.91 Å². The molecule has 1 fully saturated rings. The number of amides is 1. The maximum atomic E-state index is 12.9. The summed E-state index contributed by atoms with van der Waals surface area (Å²) in [6.07, 6.45) is 1.06. The van der Waals surface area contributed by atoms with Gasteiger partial charge >= 0.3 is 6.01 Å². The predicted octanol–water partition coefficient (Wildman–Crippen LogP) is 3.11. The van der Waals surface area contributed by atoms with Crippen molar-refractivity contribution in [3.63, 3.8) is 0 Å². The van der Waals surface area contributed by atoms with E-state index in [0.29, 0.717) is 5.89 Å². The number of carbonyl (C=O) groups is 1. The molecule has 158 valence electrons. The van der Waals surface area contributed by atoms with Crippen LogP contribution in [0.5, 0.6) is 0 Å². The number of hydrogen-bond acceptors (Lipinski definition) is 7. The highest BCUT2D eigenvalue weighted by Gasteiger charge is 2.28. The maximum absolute atomic E-state index is 12.9. The lowest BCUT2D eigenvalue weighted by molar-refractivity contribution is -0.116. The second kappa shape index (κ2) is 8.31. The van der Waals surface area contributed by atoms with Gasteiger partial charge in [-0.1, -0.05) is 53.6 Å². The van der Waals surface area contributed by atoms with Gasteiger partial charge in [-0.25, -0.2) is 4.99 Å². The molecule has 3 heterocycles. The zero-order chi connectivity index (χ0) is 21.2. The van der Waals surface area contributed by atoms with Crippen molar-refractivity contribution < 1.29 is 9.21 Å². The molecule has 2 aromatic carbocycles. The molecule has 5 rings (SSSR count). The highest BCUT2D eigenvalue weighted by atomic mass is 16.4. The van der Waals surface area contributed by atoms with Crippen LogP contribution >= 0.6 is 0 Å². The Labute approximate surface area is 180 Å². The first-order valence-corrected chi connectivity index (χ1v) is 10.5. The van der Waals surface area contributed by atoms with E-state index in [1.165, 1.54) is 0 Å². The van der Waals surface area contributed by atoms with Gasteiger partial charge in [0, 0.05) is 17.0 Å². The lowest BCUT2D eigenvalue weighted by Gasteiger charge is -2.26. The van der Waals surface area contributed by atoms with Crippen molar-refractivity contribution in [3.05, 3.63) is 71.6 Å². The molecule has 8 heteroatoms. The molecule has 0 spiro atoms. The van der Waals surface area contributed by atoms with Gasteiger partial charge < -0.3 is 20.0 Å². The van der Waals surface area contributed by atoms with E-state index in [2.05, 4.69) is 32.8 Å². The number of nitrogens with one attached hydrogen (secondary N) is 2. The number of rotatable bonds is 4. The third-order valence-electron chi connectivity index (χ3n) is 5.76. The molecule has 3 aromatic rings. The van der Waals surface area contributed by atoms with Crippen LogP contribution in [-0.2, 0) is 4.79 Å².